The second-order valence-electron chi connectivity index (χ2n) is 3.68. The van der Waals surface area contributed by atoms with Crippen molar-refractivity contribution in [3.63, 3.8) is 0 Å². The topological polar surface area (TPSA) is 17.1 Å². The van der Waals surface area contributed by atoms with Crippen LogP contribution < -0.4 is 0 Å². The Morgan fingerprint density at radius 3 is 2.38 bits per heavy atom. The van der Waals surface area contributed by atoms with Crippen LogP contribution in [-0.4, -0.2) is 6.29 Å². The summed E-state index contributed by atoms with van der Waals surface area (Å²) in [6.45, 7) is 1.98. The second kappa shape index (κ2) is 4.50. The number of carbonyl (C=O) groups is 1. The Hall–Kier alpha value is -1.60. The van der Waals surface area contributed by atoms with Gasteiger partial charge in [-0.3, -0.25) is 4.79 Å². The molecule has 0 unspecified atom stereocenters. The van der Waals surface area contributed by atoms with E-state index in [-0.39, 0.29) is 0 Å². The largest absolute Gasteiger partial charge is 0.298 e. The fourth-order valence-electron chi connectivity index (χ4n) is 1.61. The van der Waals surface area contributed by atoms with Crippen LogP contribution in [0, 0.1) is 6.92 Å². The fraction of sp³-hybridized carbons (Fsp3) is 0.0714. The van der Waals surface area contributed by atoms with Gasteiger partial charge in [-0.05, 0) is 18.1 Å². The van der Waals surface area contributed by atoms with Gasteiger partial charge >= 0.3 is 0 Å². The van der Waals surface area contributed by atoms with E-state index in [0.29, 0.717) is 5.56 Å². The summed E-state index contributed by atoms with van der Waals surface area (Å²) >= 11 is 6.23. The highest BCUT2D eigenvalue weighted by Gasteiger charge is 2.04. The molecule has 0 N–H and O–H groups in total. The summed E-state index contributed by atoms with van der Waals surface area (Å²) in [4.78, 5) is 10.5. The molecule has 0 amide bonds. The molecule has 2 aromatic rings. The minimum absolute atomic E-state index is 0.674. The van der Waals surface area contributed by atoms with Crippen molar-refractivity contribution in [2.24, 2.45) is 0 Å². The summed E-state index contributed by atoms with van der Waals surface area (Å²) in [5, 5.41) is 0.765. The molecular formula is C14H11ClO. The van der Waals surface area contributed by atoms with Crippen LogP contribution in [0.4, 0.5) is 0 Å². The molecule has 0 radical (unpaired) electrons. The van der Waals surface area contributed by atoms with Gasteiger partial charge in [-0.1, -0.05) is 54.1 Å². The van der Waals surface area contributed by atoms with Crippen LogP contribution in [0.3, 0.4) is 0 Å². The minimum Gasteiger partial charge on any atom is -0.298 e. The Morgan fingerprint density at radius 1 is 1.06 bits per heavy atom. The Balaban J connectivity index is 2.50. The molecule has 2 aromatic carbocycles. The number of rotatable bonds is 2. The molecule has 0 saturated carbocycles. The smallest absolute Gasteiger partial charge is 0.150 e. The maximum atomic E-state index is 10.5. The highest BCUT2D eigenvalue weighted by molar-refractivity contribution is 6.34. The van der Waals surface area contributed by atoms with Crippen LogP contribution in [0.25, 0.3) is 11.1 Å². The van der Waals surface area contributed by atoms with Crippen molar-refractivity contribution < 1.29 is 4.79 Å². The number of aryl methyl sites for hydroxylation is 1. The molecule has 0 atom stereocenters. The molecule has 0 aliphatic carbocycles. The van der Waals surface area contributed by atoms with Crippen LogP contribution in [0.5, 0.6) is 0 Å². The molecule has 0 saturated heterocycles. The van der Waals surface area contributed by atoms with Gasteiger partial charge in [-0.15, -0.1) is 0 Å². The molecule has 0 bridgehead atoms. The normalized spacial score (nSPS) is 10.1. The van der Waals surface area contributed by atoms with Gasteiger partial charge in [-0.25, -0.2) is 0 Å². The first-order chi connectivity index (χ1) is 7.72. The molecule has 0 fully saturated rings. The SMILES string of the molecule is Cc1cccc(-c2ccc(C=O)cc2)c1Cl. The van der Waals surface area contributed by atoms with E-state index in [1.54, 1.807) is 12.1 Å². The number of hydrogen-bond acceptors (Lipinski definition) is 1. The average Bonchev–Trinajstić information content (AvgIpc) is 2.33. The molecule has 0 aliphatic heterocycles. The first-order valence-electron chi connectivity index (χ1n) is 5.03. The maximum absolute atomic E-state index is 10.5. The number of hydrogen-bond donors (Lipinski definition) is 0. The van der Waals surface area contributed by atoms with Gasteiger partial charge in [0.15, 0.2) is 0 Å². The molecule has 0 aromatic heterocycles. The quantitative estimate of drug-likeness (QED) is 0.709. The number of aldehydes is 1. The van der Waals surface area contributed by atoms with E-state index in [4.69, 9.17) is 11.6 Å². The lowest BCUT2D eigenvalue weighted by molar-refractivity contribution is 0.112. The standard InChI is InChI=1S/C14H11ClO/c1-10-3-2-4-13(14(10)15)12-7-5-11(9-16)6-8-12/h2-9H,1H3. The van der Waals surface area contributed by atoms with E-state index in [1.165, 1.54) is 0 Å². The monoisotopic (exact) mass is 230 g/mol. The molecule has 16 heavy (non-hydrogen) atoms. The summed E-state index contributed by atoms with van der Waals surface area (Å²) in [6, 6.07) is 13.3. The van der Waals surface area contributed by atoms with Crippen LogP contribution in [-0.2, 0) is 0 Å². The molecule has 1 nitrogen and oxygen atoms in total. The van der Waals surface area contributed by atoms with Crippen molar-refractivity contribution in [3.05, 3.63) is 58.6 Å². The highest BCUT2D eigenvalue weighted by Crippen LogP contribution is 2.30. The maximum Gasteiger partial charge on any atom is 0.150 e. The van der Waals surface area contributed by atoms with Crippen molar-refractivity contribution in [2.75, 3.05) is 0 Å². The minimum atomic E-state index is 0.674. The van der Waals surface area contributed by atoms with Gasteiger partial charge in [0.05, 0.1) is 5.02 Å². The second-order valence-corrected chi connectivity index (χ2v) is 4.05. The van der Waals surface area contributed by atoms with Gasteiger partial charge in [0.1, 0.15) is 6.29 Å². The van der Waals surface area contributed by atoms with Crippen molar-refractivity contribution >= 4 is 17.9 Å². The third kappa shape index (κ3) is 2.00. The average molecular weight is 231 g/mol. The van der Waals surface area contributed by atoms with Crippen molar-refractivity contribution in [2.45, 2.75) is 6.92 Å². The zero-order valence-corrected chi connectivity index (χ0v) is 9.66. The number of carbonyl (C=O) groups excluding carboxylic acids is 1. The van der Waals surface area contributed by atoms with Gasteiger partial charge in [0.25, 0.3) is 0 Å². The van der Waals surface area contributed by atoms with E-state index >= 15 is 0 Å². The summed E-state index contributed by atoms with van der Waals surface area (Å²) in [7, 11) is 0. The summed E-state index contributed by atoms with van der Waals surface area (Å²) in [6.07, 6.45) is 0.835. The predicted molar refractivity (Wildman–Crippen MR) is 67.0 cm³/mol. The number of benzene rings is 2. The Labute approximate surface area is 99.7 Å². The van der Waals surface area contributed by atoms with Crippen LogP contribution in [0.2, 0.25) is 5.02 Å². The van der Waals surface area contributed by atoms with E-state index in [2.05, 4.69) is 0 Å². The van der Waals surface area contributed by atoms with Crippen molar-refractivity contribution in [1.82, 2.24) is 0 Å². The Bertz CT molecular complexity index is 515. The molecule has 2 rings (SSSR count). The van der Waals surface area contributed by atoms with E-state index in [0.717, 1.165) is 28.0 Å². The van der Waals surface area contributed by atoms with E-state index in [9.17, 15) is 4.79 Å². The lowest BCUT2D eigenvalue weighted by Gasteiger charge is -2.06. The molecule has 80 valence electrons. The van der Waals surface area contributed by atoms with E-state index in [1.807, 2.05) is 37.3 Å². The summed E-state index contributed by atoms with van der Waals surface area (Å²) < 4.78 is 0. The van der Waals surface area contributed by atoms with Gasteiger partial charge < -0.3 is 0 Å². The summed E-state index contributed by atoms with van der Waals surface area (Å²) in [5.74, 6) is 0. The molecule has 0 spiro atoms. The lowest BCUT2D eigenvalue weighted by atomic mass is 10.0. The molecular weight excluding hydrogens is 220 g/mol. The third-order valence-electron chi connectivity index (χ3n) is 2.55. The zero-order chi connectivity index (χ0) is 11.5. The number of halogens is 1. The lowest BCUT2D eigenvalue weighted by Crippen LogP contribution is -1.84. The zero-order valence-electron chi connectivity index (χ0n) is 8.91. The molecule has 0 aliphatic rings. The predicted octanol–water partition coefficient (Wildman–Crippen LogP) is 4.13. The Kier molecular flexibility index (Phi) is 3.07. The van der Waals surface area contributed by atoms with Crippen molar-refractivity contribution in [1.29, 1.82) is 0 Å². The van der Waals surface area contributed by atoms with Crippen LogP contribution in [0.1, 0.15) is 15.9 Å². The van der Waals surface area contributed by atoms with Gasteiger partial charge in [0.2, 0.25) is 0 Å². The van der Waals surface area contributed by atoms with Crippen molar-refractivity contribution in [3.8, 4) is 11.1 Å². The van der Waals surface area contributed by atoms with Crippen LogP contribution in [0.15, 0.2) is 42.5 Å². The van der Waals surface area contributed by atoms with Gasteiger partial charge in [0, 0.05) is 11.1 Å². The first kappa shape index (κ1) is 10.9. The van der Waals surface area contributed by atoms with Crippen LogP contribution >= 0.6 is 11.6 Å². The van der Waals surface area contributed by atoms with E-state index < -0.39 is 0 Å². The highest BCUT2D eigenvalue weighted by atomic mass is 35.5. The first-order valence-corrected chi connectivity index (χ1v) is 5.41. The fourth-order valence-corrected chi connectivity index (χ4v) is 1.85. The third-order valence-corrected chi connectivity index (χ3v) is 3.05. The molecule has 0 heterocycles. The molecule has 2 heteroatoms. The Morgan fingerprint density at radius 2 is 1.75 bits per heavy atom. The van der Waals surface area contributed by atoms with Gasteiger partial charge in [-0.2, -0.15) is 0 Å². The summed E-state index contributed by atoms with van der Waals surface area (Å²) in [5.41, 5.74) is 3.75.